The second-order valence-corrected chi connectivity index (χ2v) is 6.83. The first-order valence-corrected chi connectivity index (χ1v) is 8.77. The molecule has 4 rings (SSSR count). The van der Waals surface area contributed by atoms with Crippen LogP contribution in [-0.2, 0) is 5.41 Å². The van der Waals surface area contributed by atoms with Gasteiger partial charge in [0.25, 0.3) is 0 Å². The highest BCUT2D eigenvalue weighted by Crippen LogP contribution is 2.53. The highest BCUT2D eigenvalue weighted by atomic mass is 14.6. The molecule has 0 heterocycles. The lowest BCUT2D eigenvalue weighted by Gasteiger charge is -2.32. The highest BCUT2D eigenvalue weighted by molar-refractivity contribution is 6.06. The molecule has 1 heteroatoms. The van der Waals surface area contributed by atoms with Gasteiger partial charge in [0.1, 0.15) is 0 Å². The number of rotatable bonds is 3. The first-order chi connectivity index (χ1) is 12.6. The van der Waals surface area contributed by atoms with Crippen molar-refractivity contribution >= 4 is 18.4 Å². The highest BCUT2D eigenvalue weighted by Gasteiger charge is 2.46. The molecule has 0 bridgehead atoms. The standard InChI is InChI=1S/C25H21N/c1-17-10-4-5-11-20(17)16-18(2)25(19(3)26)23-14-8-6-12-21(23)22-13-7-9-15-24(22)25/h4-16,26H,1-2H2,3H3/b20-16-,26-19?. The third kappa shape index (κ3) is 2.14. The molecular formula is C25H21N. The minimum atomic E-state index is -0.629. The Morgan fingerprint density at radius 1 is 0.846 bits per heavy atom. The topological polar surface area (TPSA) is 23.9 Å². The Bertz CT molecular complexity index is 1110. The molecule has 0 aromatic heterocycles. The smallest absolute Gasteiger partial charge is 0.0831 e. The van der Waals surface area contributed by atoms with Gasteiger partial charge in [0.2, 0.25) is 0 Å². The maximum Gasteiger partial charge on any atom is 0.0831 e. The molecule has 3 aromatic carbocycles. The summed E-state index contributed by atoms with van der Waals surface area (Å²) in [4.78, 5) is 0. The van der Waals surface area contributed by atoms with Crippen LogP contribution in [0.15, 0.2) is 84.9 Å². The van der Waals surface area contributed by atoms with E-state index in [4.69, 9.17) is 5.41 Å². The van der Waals surface area contributed by atoms with E-state index in [1.54, 1.807) is 0 Å². The van der Waals surface area contributed by atoms with Crippen molar-refractivity contribution < 1.29 is 0 Å². The third-order valence-corrected chi connectivity index (χ3v) is 5.38. The zero-order valence-corrected chi connectivity index (χ0v) is 14.9. The molecular weight excluding hydrogens is 314 g/mol. The average molecular weight is 335 g/mol. The lowest BCUT2D eigenvalue weighted by molar-refractivity contribution is 0.856. The molecule has 0 unspecified atom stereocenters. The number of fused-ring (bicyclic) bond motifs is 3. The molecule has 26 heavy (non-hydrogen) atoms. The van der Waals surface area contributed by atoms with Crippen LogP contribution in [0, 0.1) is 5.41 Å². The summed E-state index contributed by atoms with van der Waals surface area (Å²) >= 11 is 0. The lowest BCUT2D eigenvalue weighted by Crippen LogP contribution is -2.36. The molecule has 1 N–H and O–H groups in total. The molecule has 1 aliphatic rings. The van der Waals surface area contributed by atoms with E-state index in [0.717, 1.165) is 27.1 Å². The Morgan fingerprint density at radius 3 is 1.88 bits per heavy atom. The second-order valence-electron chi connectivity index (χ2n) is 6.83. The number of allylic oxidation sites excluding steroid dienone is 1. The van der Waals surface area contributed by atoms with Crippen molar-refractivity contribution in [3.8, 4) is 11.1 Å². The fraction of sp³-hybridized carbons (Fsp3) is 0.0800. The summed E-state index contributed by atoms with van der Waals surface area (Å²) in [5.74, 6) is 0. The van der Waals surface area contributed by atoms with Crippen molar-refractivity contribution in [1.29, 1.82) is 5.41 Å². The van der Waals surface area contributed by atoms with E-state index >= 15 is 0 Å². The molecule has 126 valence electrons. The Labute approximate surface area is 154 Å². The van der Waals surface area contributed by atoms with E-state index in [-0.39, 0.29) is 0 Å². The second kappa shape index (κ2) is 5.96. The normalized spacial score (nSPS) is 14.6. The summed E-state index contributed by atoms with van der Waals surface area (Å²) in [6, 6.07) is 24.8. The summed E-state index contributed by atoms with van der Waals surface area (Å²) in [7, 11) is 0. The van der Waals surface area contributed by atoms with Crippen LogP contribution in [0.5, 0.6) is 0 Å². The largest absolute Gasteiger partial charge is 0.308 e. The molecule has 0 atom stereocenters. The molecule has 0 aliphatic heterocycles. The average Bonchev–Trinajstić information content (AvgIpc) is 2.95. The van der Waals surface area contributed by atoms with Crippen LogP contribution in [0.4, 0.5) is 0 Å². The molecule has 0 saturated carbocycles. The van der Waals surface area contributed by atoms with Gasteiger partial charge in [-0.15, -0.1) is 0 Å². The molecule has 0 radical (unpaired) electrons. The van der Waals surface area contributed by atoms with Gasteiger partial charge in [-0.25, -0.2) is 0 Å². The van der Waals surface area contributed by atoms with Crippen molar-refractivity contribution in [3.63, 3.8) is 0 Å². The van der Waals surface area contributed by atoms with Crippen LogP contribution < -0.4 is 10.4 Å². The first-order valence-electron chi connectivity index (χ1n) is 8.77. The summed E-state index contributed by atoms with van der Waals surface area (Å²) in [5, 5.41) is 10.8. The lowest BCUT2D eigenvalue weighted by atomic mass is 9.69. The zero-order valence-electron chi connectivity index (χ0n) is 14.9. The van der Waals surface area contributed by atoms with Gasteiger partial charge >= 0.3 is 0 Å². The predicted octanol–water partition coefficient (Wildman–Crippen LogP) is 4.44. The van der Waals surface area contributed by atoms with Gasteiger partial charge in [0.05, 0.1) is 5.41 Å². The molecule has 3 aromatic rings. The van der Waals surface area contributed by atoms with E-state index in [2.05, 4.69) is 55.6 Å². The van der Waals surface area contributed by atoms with Crippen LogP contribution in [0.25, 0.3) is 23.8 Å². The molecule has 0 saturated heterocycles. The Kier molecular flexibility index (Phi) is 3.73. The van der Waals surface area contributed by atoms with Crippen molar-refractivity contribution in [1.82, 2.24) is 0 Å². The number of hydrogen-bond donors (Lipinski definition) is 1. The Balaban J connectivity index is 2.07. The van der Waals surface area contributed by atoms with Gasteiger partial charge < -0.3 is 5.41 Å². The Morgan fingerprint density at radius 2 is 1.35 bits per heavy atom. The number of nitrogens with one attached hydrogen (secondary N) is 1. The SMILES string of the molecule is C=C(/C=c1/ccccc1=C)C1(C(C)=N)c2ccccc2-c2ccccc21. The monoisotopic (exact) mass is 335 g/mol. The van der Waals surface area contributed by atoms with E-state index < -0.39 is 5.41 Å². The quantitative estimate of drug-likeness (QED) is 0.684. The van der Waals surface area contributed by atoms with Crippen molar-refractivity contribution in [3.05, 3.63) is 107 Å². The first kappa shape index (κ1) is 16.3. The van der Waals surface area contributed by atoms with Gasteiger partial charge in [-0.3, -0.25) is 0 Å². The van der Waals surface area contributed by atoms with E-state index in [9.17, 15) is 0 Å². The zero-order chi connectivity index (χ0) is 18.3. The summed E-state index contributed by atoms with van der Waals surface area (Å²) in [6.07, 6.45) is 2.08. The van der Waals surface area contributed by atoms with E-state index in [1.165, 1.54) is 11.1 Å². The molecule has 1 aliphatic carbocycles. The third-order valence-electron chi connectivity index (χ3n) is 5.38. The van der Waals surface area contributed by atoms with Gasteiger partial charge in [-0.1, -0.05) is 92.0 Å². The fourth-order valence-corrected chi connectivity index (χ4v) is 4.20. The molecule has 1 nitrogen and oxygen atoms in total. The summed E-state index contributed by atoms with van der Waals surface area (Å²) < 4.78 is 0. The van der Waals surface area contributed by atoms with Crippen molar-refractivity contribution in [2.75, 3.05) is 0 Å². The van der Waals surface area contributed by atoms with Gasteiger partial charge in [-0.05, 0) is 45.2 Å². The van der Waals surface area contributed by atoms with Gasteiger partial charge in [0, 0.05) is 5.71 Å². The van der Waals surface area contributed by atoms with Crippen LogP contribution >= 0.6 is 0 Å². The number of benzene rings is 3. The van der Waals surface area contributed by atoms with Gasteiger partial charge in [0.15, 0.2) is 0 Å². The summed E-state index contributed by atoms with van der Waals surface area (Å²) in [6.45, 7) is 10.5. The summed E-state index contributed by atoms with van der Waals surface area (Å²) in [5.41, 5.74) is 5.50. The van der Waals surface area contributed by atoms with E-state index in [1.807, 2.05) is 43.3 Å². The fourth-order valence-electron chi connectivity index (χ4n) is 4.20. The van der Waals surface area contributed by atoms with E-state index in [0.29, 0.717) is 5.71 Å². The number of hydrogen-bond acceptors (Lipinski definition) is 1. The molecule has 0 amide bonds. The maximum absolute atomic E-state index is 8.75. The van der Waals surface area contributed by atoms with Crippen molar-refractivity contribution in [2.24, 2.45) is 0 Å². The Hall–Kier alpha value is -3.19. The van der Waals surface area contributed by atoms with Crippen LogP contribution in [0.2, 0.25) is 0 Å². The minimum Gasteiger partial charge on any atom is -0.308 e. The minimum absolute atomic E-state index is 0.581. The predicted molar refractivity (Wildman–Crippen MR) is 111 cm³/mol. The van der Waals surface area contributed by atoms with Crippen LogP contribution in [0.1, 0.15) is 18.1 Å². The van der Waals surface area contributed by atoms with Crippen LogP contribution in [-0.4, -0.2) is 5.71 Å². The van der Waals surface area contributed by atoms with Crippen molar-refractivity contribution in [2.45, 2.75) is 12.3 Å². The van der Waals surface area contributed by atoms with Crippen LogP contribution in [0.3, 0.4) is 0 Å². The maximum atomic E-state index is 8.75. The molecule has 0 spiro atoms. The molecule has 0 fully saturated rings. The van der Waals surface area contributed by atoms with Gasteiger partial charge in [-0.2, -0.15) is 0 Å².